The molecule has 0 saturated heterocycles. The van der Waals surface area contributed by atoms with E-state index in [2.05, 4.69) is 10.4 Å². The highest BCUT2D eigenvalue weighted by Gasteiger charge is 2.18. The summed E-state index contributed by atoms with van der Waals surface area (Å²) in [5.41, 5.74) is 2.86. The van der Waals surface area contributed by atoms with Crippen molar-refractivity contribution >= 4 is 11.8 Å². The molecule has 7 heteroatoms. The number of hydrogen-bond donors (Lipinski definition) is 1. The lowest BCUT2D eigenvalue weighted by Crippen LogP contribution is -2.28. The monoisotopic (exact) mass is 370 g/mol. The molecule has 1 N–H and O–H groups in total. The molecule has 1 aromatic heterocycles. The molecule has 0 bridgehead atoms. The van der Waals surface area contributed by atoms with Gasteiger partial charge in [0, 0.05) is 26.4 Å². The maximum absolute atomic E-state index is 12.2. The molecule has 0 spiro atoms. The van der Waals surface area contributed by atoms with Gasteiger partial charge in [0.2, 0.25) is 11.8 Å². The lowest BCUT2D eigenvalue weighted by molar-refractivity contribution is -0.129. The minimum absolute atomic E-state index is 0.0190. The van der Waals surface area contributed by atoms with E-state index in [0.29, 0.717) is 25.9 Å². The van der Waals surface area contributed by atoms with Gasteiger partial charge < -0.3 is 15.0 Å². The molecule has 2 heterocycles. The molecule has 0 aliphatic carbocycles. The van der Waals surface area contributed by atoms with Gasteiger partial charge in [-0.1, -0.05) is 18.2 Å². The topological polar surface area (TPSA) is 76.5 Å². The van der Waals surface area contributed by atoms with Crippen LogP contribution in [0.2, 0.25) is 0 Å². The number of aromatic nitrogens is 2. The molecule has 3 rings (SSSR count). The number of amides is 2. The third-order valence-corrected chi connectivity index (χ3v) is 4.79. The molecule has 2 amide bonds. The van der Waals surface area contributed by atoms with Gasteiger partial charge >= 0.3 is 0 Å². The number of benzene rings is 1. The first kappa shape index (κ1) is 18.9. The first-order valence-electron chi connectivity index (χ1n) is 9.26. The van der Waals surface area contributed by atoms with Crippen LogP contribution >= 0.6 is 0 Å². The fourth-order valence-electron chi connectivity index (χ4n) is 3.31. The molecule has 0 unspecified atom stereocenters. The average Bonchev–Trinajstić information content (AvgIpc) is 2.94. The molecular formula is C20H26N4O3. The molecule has 7 nitrogen and oxygen atoms in total. The molecule has 0 atom stereocenters. The number of ether oxygens (including phenoxy) is 1. The second-order valence-electron chi connectivity index (χ2n) is 6.73. The number of carbonyl (C=O) groups is 2. The number of aryl methyl sites for hydroxylation is 2. The van der Waals surface area contributed by atoms with Gasteiger partial charge in [-0.25, -0.2) is 0 Å². The first-order valence-corrected chi connectivity index (χ1v) is 9.26. The van der Waals surface area contributed by atoms with Crippen LogP contribution in [0.25, 0.3) is 0 Å². The van der Waals surface area contributed by atoms with Crippen LogP contribution in [0.1, 0.15) is 36.7 Å². The second kappa shape index (κ2) is 8.70. The highest BCUT2D eigenvalue weighted by molar-refractivity contribution is 5.76. The van der Waals surface area contributed by atoms with Gasteiger partial charge in [0.25, 0.3) is 0 Å². The number of rotatable bonds is 6. The van der Waals surface area contributed by atoms with Gasteiger partial charge in [0.05, 0.1) is 31.6 Å². The van der Waals surface area contributed by atoms with Gasteiger partial charge in [-0.15, -0.1) is 0 Å². The summed E-state index contributed by atoms with van der Waals surface area (Å²) in [6.07, 6.45) is 1.91. The van der Waals surface area contributed by atoms with Crippen LogP contribution in [0.3, 0.4) is 0 Å². The fourth-order valence-corrected chi connectivity index (χ4v) is 3.31. The van der Waals surface area contributed by atoms with Crippen LogP contribution in [0.5, 0.6) is 5.75 Å². The minimum Gasteiger partial charge on any atom is -0.496 e. The molecule has 0 saturated carbocycles. The Hall–Kier alpha value is -2.83. The van der Waals surface area contributed by atoms with Crippen molar-refractivity contribution in [3.8, 4) is 5.75 Å². The molecule has 1 aromatic carbocycles. The average molecular weight is 370 g/mol. The fraction of sp³-hybridized carbons (Fsp3) is 0.450. The number of methoxy groups -OCH3 is 1. The zero-order chi connectivity index (χ0) is 19.2. The highest BCUT2D eigenvalue weighted by Crippen LogP contribution is 2.19. The Morgan fingerprint density at radius 3 is 2.85 bits per heavy atom. The van der Waals surface area contributed by atoms with Gasteiger partial charge in [-0.05, 0) is 30.5 Å². The number of fused-ring (bicyclic) bond motifs is 1. The zero-order valence-electron chi connectivity index (χ0n) is 15.9. The van der Waals surface area contributed by atoms with Gasteiger partial charge in [-0.3, -0.25) is 14.3 Å². The normalized spacial score (nSPS) is 13.6. The Morgan fingerprint density at radius 2 is 2.07 bits per heavy atom. The number of nitrogens with one attached hydrogen (secondary N) is 1. The van der Waals surface area contributed by atoms with Crippen molar-refractivity contribution in [1.29, 1.82) is 0 Å². The van der Waals surface area contributed by atoms with Crippen LogP contribution in [-0.2, 0) is 35.6 Å². The Morgan fingerprint density at radius 1 is 1.26 bits per heavy atom. The molecule has 0 fully saturated rings. The van der Waals surface area contributed by atoms with Crippen LogP contribution in [0.15, 0.2) is 30.3 Å². The Kier molecular flexibility index (Phi) is 6.11. The maximum atomic E-state index is 12.2. The van der Waals surface area contributed by atoms with E-state index in [1.54, 1.807) is 14.0 Å². The summed E-state index contributed by atoms with van der Waals surface area (Å²) in [7, 11) is 1.63. The number of nitrogens with zero attached hydrogens (tertiary/aromatic N) is 3. The summed E-state index contributed by atoms with van der Waals surface area (Å²) < 4.78 is 7.26. The van der Waals surface area contributed by atoms with Crippen LogP contribution < -0.4 is 10.1 Å². The maximum Gasteiger partial charge on any atom is 0.220 e. The summed E-state index contributed by atoms with van der Waals surface area (Å²) in [5, 5.41) is 7.50. The van der Waals surface area contributed by atoms with E-state index in [4.69, 9.17) is 4.74 Å². The van der Waals surface area contributed by atoms with E-state index in [0.717, 1.165) is 42.2 Å². The van der Waals surface area contributed by atoms with Gasteiger partial charge in [0.1, 0.15) is 5.75 Å². The number of hydrogen-bond acceptors (Lipinski definition) is 4. The summed E-state index contributed by atoms with van der Waals surface area (Å²) >= 11 is 0. The van der Waals surface area contributed by atoms with Crippen molar-refractivity contribution in [3.05, 3.63) is 47.3 Å². The van der Waals surface area contributed by atoms with Crippen LogP contribution in [-0.4, -0.2) is 40.1 Å². The molecule has 27 heavy (non-hydrogen) atoms. The predicted molar refractivity (Wildman–Crippen MR) is 101 cm³/mol. The standard InChI is InChI=1S/C20H26N4O3/c1-15(25)23-10-5-11-24-18(14-23)12-17(22-24)13-21-20(26)9-8-16-6-3-4-7-19(16)27-2/h3-4,6-7,12H,5,8-11,13-14H2,1-2H3,(H,21,26). The second-order valence-corrected chi connectivity index (χ2v) is 6.73. The third-order valence-electron chi connectivity index (χ3n) is 4.79. The third kappa shape index (κ3) is 4.87. The SMILES string of the molecule is COc1ccccc1CCC(=O)NCc1cc2n(n1)CCCN(C(C)=O)C2. The Labute approximate surface area is 159 Å². The number of para-hydroxylation sites is 1. The zero-order valence-corrected chi connectivity index (χ0v) is 15.9. The Bertz CT molecular complexity index is 815. The predicted octanol–water partition coefficient (Wildman–Crippen LogP) is 1.89. The first-order chi connectivity index (χ1) is 13.1. The quantitative estimate of drug-likeness (QED) is 0.843. The molecule has 144 valence electrons. The van der Waals surface area contributed by atoms with Crippen molar-refractivity contribution < 1.29 is 14.3 Å². The van der Waals surface area contributed by atoms with Gasteiger partial charge in [0.15, 0.2) is 0 Å². The van der Waals surface area contributed by atoms with E-state index < -0.39 is 0 Å². The van der Waals surface area contributed by atoms with Crippen molar-refractivity contribution in [2.45, 2.75) is 45.8 Å². The van der Waals surface area contributed by atoms with Crippen LogP contribution in [0.4, 0.5) is 0 Å². The van der Waals surface area contributed by atoms with E-state index in [-0.39, 0.29) is 11.8 Å². The van der Waals surface area contributed by atoms with E-state index in [1.807, 2.05) is 39.9 Å². The molecule has 1 aliphatic rings. The summed E-state index contributed by atoms with van der Waals surface area (Å²) in [5.74, 6) is 0.864. The van der Waals surface area contributed by atoms with Crippen molar-refractivity contribution in [3.63, 3.8) is 0 Å². The summed E-state index contributed by atoms with van der Waals surface area (Å²) in [6, 6.07) is 9.70. The smallest absolute Gasteiger partial charge is 0.220 e. The highest BCUT2D eigenvalue weighted by atomic mass is 16.5. The summed E-state index contributed by atoms with van der Waals surface area (Å²) in [6.45, 7) is 4.11. The largest absolute Gasteiger partial charge is 0.496 e. The molecular weight excluding hydrogens is 344 g/mol. The summed E-state index contributed by atoms with van der Waals surface area (Å²) in [4.78, 5) is 25.7. The minimum atomic E-state index is -0.0190. The van der Waals surface area contributed by atoms with Crippen LogP contribution in [0, 0.1) is 0 Å². The van der Waals surface area contributed by atoms with Gasteiger partial charge in [-0.2, -0.15) is 5.10 Å². The molecule has 1 aliphatic heterocycles. The van der Waals surface area contributed by atoms with Crippen molar-refractivity contribution in [1.82, 2.24) is 20.0 Å². The van der Waals surface area contributed by atoms with E-state index in [1.165, 1.54) is 0 Å². The van der Waals surface area contributed by atoms with E-state index in [9.17, 15) is 9.59 Å². The lowest BCUT2D eigenvalue weighted by atomic mass is 10.1. The van der Waals surface area contributed by atoms with Crippen molar-refractivity contribution in [2.24, 2.45) is 0 Å². The van der Waals surface area contributed by atoms with E-state index >= 15 is 0 Å². The van der Waals surface area contributed by atoms with Crippen molar-refractivity contribution in [2.75, 3.05) is 13.7 Å². The molecule has 2 aromatic rings. The number of carbonyl (C=O) groups excluding carboxylic acids is 2. The molecule has 0 radical (unpaired) electrons. The Balaban J connectivity index is 1.52. The lowest BCUT2D eigenvalue weighted by Gasteiger charge is -2.17.